The Hall–Kier alpha value is -1.46. The van der Waals surface area contributed by atoms with Crippen LogP contribution in [0.25, 0.3) is 0 Å². The topological polar surface area (TPSA) is 38.0 Å². The molecule has 3 N–H and O–H groups in total. The van der Waals surface area contributed by atoms with Gasteiger partial charge in [0.2, 0.25) is 0 Å². The van der Waals surface area contributed by atoms with E-state index in [9.17, 15) is 4.39 Å². The molecule has 0 radical (unpaired) electrons. The zero-order chi connectivity index (χ0) is 13.0. The fraction of sp³-hybridized carbons (Fsp3) is 0.154. The molecule has 1 aromatic carbocycles. The molecule has 0 spiro atoms. The predicted molar refractivity (Wildman–Crippen MR) is 78.8 cm³/mol. The van der Waals surface area contributed by atoms with Crippen molar-refractivity contribution in [1.82, 2.24) is 0 Å². The highest BCUT2D eigenvalue weighted by Crippen LogP contribution is 2.15. The van der Waals surface area contributed by atoms with Gasteiger partial charge in [-0.25, -0.2) is 4.39 Å². The molecule has 0 fully saturated rings. The fourth-order valence-electron chi connectivity index (χ4n) is 1.61. The maximum absolute atomic E-state index is 13.6. The summed E-state index contributed by atoms with van der Waals surface area (Å²) in [4.78, 5) is 1.39. The number of benzene rings is 1. The number of anilines is 1. The van der Waals surface area contributed by atoms with Gasteiger partial charge in [-0.3, -0.25) is 0 Å². The summed E-state index contributed by atoms with van der Waals surface area (Å²) in [5, 5.41) is 5.22. The molecule has 0 saturated carbocycles. The Morgan fingerprint density at radius 1 is 1.39 bits per heavy atom. The van der Waals surface area contributed by atoms with Gasteiger partial charge in [-0.2, -0.15) is 0 Å². The number of rotatable bonds is 5. The molecule has 0 unspecified atom stereocenters. The van der Waals surface area contributed by atoms with Gasteiger partial charge in [0.05, 0.1) is 0 Å². The molecule has 0 bridgehead atoms. The van der Waals surface area contributed by atoms with Crippen LogP contribution in [-0.4, -0.2) is 11.5 Å². The highest BCUT2D eigenvalue weighted by atomic mass is 32.1. The molecule has 0 saturated heterocycles. The van der Waals surface area contributed by atoms with Gasteiger partial charge in [0.1, 0.15) is 10.8 Å². The van der Waals surface area contributed by atoms with E-state index >= 15 is 0 Å². The maximum Gasteiger partial charge on any atom is 0.135 e. The Morgan fingerprint density at radius 3 is 2.83 bits per heavy atom. The van der Waals surface area contributed by atoms with Crippen LogP contribution in [0.15, 0.2) is 35.7 Å². The standard InChI is InChI=1S/C13H13FN2S2/c14-12-8-9(3-4-11(12)13(15)17)16-6-5-10-2-1-7-18-10/h1-4,7-8,16H,5-6H2,(H2,15,17). The lowest BCUT2D eigenvalue weighted by Crippen LogP contribution is -2.12. The minimum atomic E-state index is -0.386. The van der Waals surface area contributed by atoms with Gasteiger partial charge in [0.25, 0.3) is 0 Å². The van der Waals surface area contributed by atoms with Crippen LogP contribution in [0.5, 0.6) is 0 Å². The maximum atomic E-state index is 13.6. The molecule has 0 aliphatic carbocycles. The normalized spacial score (nSPS) is 10.3. The van der Waals surface area contributed by atoms with Gasteiger partial charge >= 0.3 is 0 Å². The van der Waals surface area contributed by atoms with E-state index < -0.39 is 0 Å². The molecule has 1 heterocycles. The first-order chi connectivity index (χ1) is 8.66. The molecular weight excluding hydrogens is 267 g/mol. The first-order valence-corrected chi connectivity index (χ1v) is 6.81. The van der Waals surface area contributed by atoms with Gasteiger partial charge < -0.3 is 11.1 Å². The molecule has 0 aliphatic rings. The quantitative estimate of drug-likeness (QED) is 0.826. The lowest BCUT2D eigenvalue weighted by Gasteiger charge is -2.07. The average molecular weight is 280 g/mol. The van der Waals surface area contributed by atoms with E-state index in [1.165, 1.54) is 10.9 Å². The molecule has 18 heavy (non-hydrogen) atoms. The predicted octanol–water partition coefficient (Wildman–Crippen LogP) is 3.18. The monoisotopic (exact) mass is 280 g/mol. The molecule has 94 valence electrons. The van der Waals surface area contributed by atoms with Crippen molar-refractivity contribution in [1.29, 1.82) is 0 Å². The first-order valence-electron chi connectivity index (χ1n) is 5.52. The second kappa shape index (κ2) is 5.93. The van der Waals surface area contributed by atoms with Gasteiger partial charge in [-0.15, -0.1) is 11.3 Å². The Kier molecular flexibility index (Phi) is 4.28. The highest BCUT2D eigenvalue weighted by Gasteiger charge is 2.05. The third-order valence-corrected chi connectivity index (χ3v) is 3.67. The van der Waals surface area contributed by atoms with E-state index in [4.69, 9.17) is 18.0 Å². The zero-order valence-electron chi connectivity index (χ0n) is 9.65. The fourth-order valence-corrected chi connectivity index (χ4v) is 2.48. The summed E-state index contributed by atoms with van der Waals surface area (Å²) in [5.74, 6) is -0.386. The summed E-state index contributed by atoms with van der Waals surface area (Å²) in [6.07, 6.45) is 0.927. The Morgan fingerprint density at radius 2 is 2.22 bits per heavy atom. The van der Waals surface area contributed by atoms with Crippen molar-refractivity contribution in [2.24, 2.45) is 5.73 Å². The van der Waals surface area contributed by atoms with Crippen LogP contribution in [0.1, 0.15) is 10.4 Å². The molecule has 0 atom stereocenters. The van der Waals surface area contributed by atoms with Gasteiger partial charge in [0.15, 0.2) is 0 Å². The van der Waals surface area contributed by atoms with E-state index in [0.717, 1.165) is 18.7 Å². The van der Waals surface area contributed by atoms with Crippen molar-refractivity contribution >= 4 is 34.2 Å². The Labute approximate surface area is 115 Å². The van der Waals surface area contributed by atoms with Crippen LogP contribution in [0.2, 0.25) is 0 Å². The summed E-state index contributed by atoms with van der Waals surface area (Å²) in [6.45, 7) is 0.770. The summed E-state index contributed by atoms with van der Waals surface area (Å²) in [7, 11) is 0. The third kappa shape index (κ3) is 3.27. The van der Waals surface area contributed by atoms with Crippen LogP contribution in [0, 0.1) is 5.82 Å². The van der Waals surface area contributed by atoms with Crippen LogP contribution in [0.3, 0.4) is 0 Å². The van der Waals surface area contributed by atoms with Crippen LogP contribution in [0.4, 0.5) is 10.1 Å². The average Bonchev–Trinajstić information content (AvgIpc) is 2.81. The van der Waals surface area contributed by atoms with Gasteiger partial charge in [-0.1, -0.05) is 18.3 Å². The number of nitrogens with one attached hydrogen (secondary N) is 1. The van der Waals surface area contributed by atoms with Crippen molar-refractivity contribution in [3.05, 3.63) is 52.0 Å². The van der Waals surface area contributed by atoms with E-state index in [2.05, 4.69) is 11.4 Å². The van der Waals surface area contributed by atoms with Gasteiger partial charge in [-0.05, 0) is 36.1 Å². The third-order valence-electron chi connectivity index (χ3n) is 2.52. The van der Waals surface area contributed by atoms with Crippen molar-refractivity contribution in [3.8, 4) is 0 Å². The number of thiophene rings is 1. The molecular formula is C13H13FN2S2. The largest absolute Gasteiger partial charge is 0.389 e. The van der Waals surface area contributed by atoms with Crippen LogP contribution < -0.4 is 11.1 Å². The van der Waals surface area contributed by atoms with E-state index in [0.29, 0.717) is 0 Å². The molecule has 1 aromatic heterocycles. The molecule has 2 rings (SSSR count). The van der Waals surface area contributed by atoms with E-state index in [1.807, 2.05) is 11.4 Å². The number of halogens is 1. The molecule has 0 amide bonds. The second-order valence-electron chi connectivity index (χ2n) is 3.82. The van der Waals surface area contributed by atoms with E-state index in [1.54, 1.807) is 23.5 Å². The number of hydrogen-bond acceptors (Lipinski definition) is 3. The molecule has 0 aliphatic heterocycles. The number of thiocarbonyl (C=S) groups is 1. The minimum Gasteiger partial charge on any atom is -0.389 e. The molecule has 2 aromatic rings. The van der Waals surface area contributed by atoms with Crippen LogP contribution >= 0.6 is 23.6 Å². The van der Waals surface area contributed by atoms with Crippen molar-refractivity contribution < 1.29 is 4.39 Å². The van der Waals surface area contributed by atoms with Crippen molar-refractivity contribution in [2.45, 2.75) is 6.42 Å². The molecule has 5 heteroatoms. The summed E-state index contributed by atoms with van der Waals surface area (Å²) in [5.41, 5.74) is 6.43. The summed E-state index contributed by atoms with van der Waals surface area (Å²) >= 11 is 6.47. The highest BCUT2D eigenvalue weighted by molar-refractivity contribution is 7.80. The minimum absolute atomic E-state index is 0.0811. The number of nitrogens with two attached hydrogens (primary N) is 1. The van der Waals surface area contributed by atoms with Gasteiger partial charge in [0, 0.05) is 22.7 Å². The lowest BCUT2D eigenvalue weighted by atomic mass is 10.2. The Balaban J connectivity index is 1.94. The number of hydrogen-bond donors (Lipinski definition) is 2. The summed E-state index contributed by atoms with van der Waals surface area (Å²) < 4.78 is 13.6. The molecule has 2 nitrogen and oxygen atoms in total. The van der Waals surface area contributed by atoms with Crippen molar-refractivity contribution in [2.75, 3.05) is 11.9 Å². The zero-order valence-corrected chi connectivity index (χ0v) is 11.3. The smallest absolute Gasteiger partial charge is 0.135 e. The van der Waals surface area contributed by atoms with E-state index in [-0.39, 0.29) is 16.4 Å². The SMILES string of the molecule is NC(=S)c1ccc(NCCc2cccs2)cc1F. The second-order valence-corrected chi connectivity index (χ2v) is 5.29. The first kappa shape index (κ1) is 13.0. The summed E-state index contributed by atoms with van der Waals surface area (Å²) in [6, 6.07) is 8.92. The lowest BCUT2D eigenvalue weighted by molar-refractivity contribution is 0.626. The van der Waals surface area contributed by atoms with Crippen LogP contribution in [-0.2, 0) is 6.42 Å². The Bertz CT molecular complexity index is 538. The van der Waals surface area contributed by atoms with Crippen molar-refractivity contribution in [3.63, 3.8) is 0 Å².